The molecule has 1 fully saturated rings. The number of nitrogens with one attached hydrogen (secondary N) is 2. The molecular weight excluding hydrogens is 204 g/mol. The normalized spacial score (nSPS) is 24.1. The van der Waals surface area contributed by atoms with Gasteiger partial charge in [-0.3, -0.25) is 5.32 Å². The molecule has 0 saturated carbocycles. The smallest absolute Gasteiger partial charge is 0.408 e. The van der Waals surface area contributed by atoms with Crippen LogP contribution in [0.5, 0.6) is 0 Å². The lowest BCUT2D eigenvalue weighted by Gasteiger charge is -2.19. The van der Waals surface area contributed by atoms with E-state index in [2.05, 4.69) is 22.8 Å². The molecule has 1 amide bonds. The summed E-state index contributed by atoms with van der Waals surface area (Å²) in [6.07, 6.45) is 0.383. The quantitative estimate of drug-likeness (QED) is 0.793. The second-order valence-corrected chi connectivity index (χ2v) is 3.84. The standard InChI is InChI=1S/C12H16N2O2/c1-13-12(15)16-11-10(7-8-14-11)9-5-3-2-4-6-9/h2-6,10-11,14H,7-8H2,1H3,(H,13,15)/t10-,11+/m1/s1. The van der Waals surface area contributed by atoms with Gasteiger partial charge in [0.25, 0.3) is 0 Å². The Morgan fingerprint density at radius 1 is 1.44 bits per heavy atom. The fraction of sp³-hybridized carbons (Fsp3) is 0.417. The topological polar surface area (TPSA) is 50.4 Å². The Morgan fingerprint density at radius 2 is 2.19 bits per heavy atom. The van der Waals surface area contributed by atoms with Gasteiger partial charge in [0, 0.05) is 13.0 Å². The van der Waals surface area contributed by atoms with Crippen molar-refractivity contribution >= 4 is 6.09 Å². The average Bonchev–Trinajstić information content (AvgIpc) is 2.78. The Morgan fingerprint density at radius 3 is 2.88 bits per heavy atom. The van der Waals surface area contributed by atoms with Crippen molar-refractivity contribution in [1.82, 2.24) is 10.6 Å². The molecule has 1 aliphatic heterocycles. The molecule has 86 valence electrons. The summed E-state index contributed by atoms with van der Waals surface area (Å²) in [6.45, 7) is 0.876. The van der Waals surface area contributed by atoms with E-state index in [1.165, 1.54) is 5.56 Å². The first-order valence-electron chi connectivity index (χ1n) is 5.48. The highest BCUT2D eigenvalue weighted by molar-refractivity contribution is 5.67. The molecule has 0 aromatic heterocycles. The lowest BCUT2D eigenvalue weighted by molar-refractivity contribution is 0.0816. The summed E-state index contributed by atoms with van der Waals surface area (Å²) in [7, 11) is 1.56. The molecule has 4 heteroatoms. The van der Waals surface area contributed by atoms with Crippen LogP contribution in [0.1, 0.15) is 17.9 Å². The lowest BCUT2D eigenvalue weighted by Crippen LogP contribution is -2.35. The Hall–Kier alpha value is -1.55. The molecule has 0 radical (unpaired) electrons. The van der Waals surface area contributed by atoms with E-state index in [9.17, 15) is 4.79 Å². The van der Waals surface area contributed by atoms with Crippen molar-refractivity contribution in [3.05, 3.63) is 35.9 Å². The van der Waals surface area contributed by atoms with Crippen LogP contribution in [0.15, 0.2) is 30.3 Å². The van der Waals surface area contributed by atoms with Crippen LogP contribution in [-0.4, -0.2) is 25.9 Å². The molecule has 4 nitrogen and oxygen atoms in total. The van der Waals surface area contributed by atoms with Crippen molar-refractivity contribution in [2.75, 3.05) is 13.6 Å². The maximum absolute atomic E-state index is 11.2. The van der Waals surface area contributed by atoms with Crippen molar-refractivity contribution in [3.8, 4) is 0 Å². The van der Waals surface area contributed by atoms with E-state index in [1.54, 1.807) is 7.05 Å². The number of carbonyl (C=O) groups is 1. The second-order valence-electron chi connectivity index (χ2n) is 3.84. The maximum Gasteiger partial charge on any atom is 0.408 e. The van der Waals surface area contributed by atoms with E-state index in [1.807, 2.05) is 18.2 Å². The minimum absolute atomic E-state index is 0.220. The number of benzene rings is 1. The molecule has 1 aromatic carbocycles. The van der Waals surface area contributed by atoms with Gasteiger partial charge in [-0.05, 0) is 18.5 Å². The van der Waals surface area contributed by atoms with Crippen molar-refractivity contribution in [3.63, 3.8) is 0 Å². The van der Waals surface area contributed by atoms with Gasteiger partial charge in [0.2, 0.25) is 0 Å². The van der Waals surface area contributed by atoms with Crippen molar-refractivity contribution in [1.29, 1.82) is 0 Å². The third-order valence-electron chi connectivity index (χ3n) is 2.83. The molecule has 1 saturated heterocycles. The highest BCUT2D eigenvalue weighted by atomic mass is 16.6. The van der Waals surface area contributed by atoms with Crippen LogP contribution in [-0.2, 0) is 4.74 Å². The third kappa shape index (κ3) is 2.33. The summed E-state index contributed by atoms with van der Waals surface area (Å²) >= 11 is 0. The molecule has 0 spiro atoms. The van der Waals surface area contributed by atoms with E-state index in [0.717, 1.165) is 13.0 Å². The first kappa shape index (κ1) is 11.0. The Balaban J connectivity index is 2.06. The summed E-state index contributed by atoms with van der Waals surface area (Å²) < 4.78 is 5.27. The summed E-state index contributed by atoms with van der Waals surface area (Å²) in [4.78, 5) is 11.2. The molecule has 2 rings (SSSR count). The summed E-state index contributed by atoms with van der Waals surface area (Å²) in [5, 5.41) is 5.65. The number of alkyl carbamates (subject to hydrolysis) is 1. The van der Waals surface area contributed by atoms with Gasteiger partial charge in [-0.1, -0.05) is 30.3 Å². The van der Waals surface area contributed by atoms with Gasteiger partial charge < -0.3 is 10.1 Å². The van der Waals surface area contributed by atoms with Gasteiger partial charge in [-0.15, -0.1) is 0 Å². The fourth-order valence-electron chi connectivity index (χ4n) is 2.01. The zero-order valence-electron chi connectivity index (χ0n) is 9.27. The van der Waals surface area contributed by atoms with E-state index in [-0.39, 0.29) is 18.2 Å². The van der Waals surface area contributed by atoms with Crippen LogP contribution >= 0.6 is 0 Å². The minimum Gasteiger partial charge on any atom is -0.430 e. The number of carbonyl (C=O) groups excluding carboxylic acids is 1. The minimum atomic E-state index is -0.389. The predicted molar refractivity (Wildman–Crippen MR) is 61.1 cm³/mol. The van der Waals surface area contributed by atoms with Crippen LogP contribution in [0.3, 0.4) is 0 Å². The molecular formula is C12H16N2O2. The maximum atomic E-state index is 11.2. The van der Waals surface area contributed by atoms with Gasteiger partial charge >= 0.3 is 6.09 Å². The van der Waals surface area contributed by atoms with E-state index in [4.69, 9.17) is 4.74 Å². The van der Waals surface area contributed by atoms with Gasteiger partial charge in [-0.25, -0.2) is 4.79 Å². The molecule has 0 bridgehead atoms. The van der Waals surface area contributed by atoms with Crippen LogP contribution in [0.25, 0.3) is 0 Å². The van der Waals surface area contributed by atoms with Crippen molar-refractivity contribution < 1.29 is 9.53 Å². The van der Waals surface area contributed by atoms with Crippen LogP contribution in [0.2, 0.25) is 0 Å². The molecule has 16 heavy (non-hydrogen) atoms. The second kappa shape index (κ2) is 4.99. The Labute approximate surface area is 95.0 Å². The molecule has 2 N–H and O–H groups in total. The fourth-order valence-corrected chi connectivity index (χ4v) is 2.01. The van der Waals surface area contributed by atoms with Gasteiger partial charge in [0.05, 0.1) is 0 Å². The SMILES string of the molecule is CNC(=O)O[C@@H]1NCC[C@@H]1c1ccccc1. The predicted octanol–water partition coefficient (Wildman–Crippen LogP) is 1.45. The van der Waals surface area contributed by atoms with E-state index >= 15 is 0 Å². The molecule has 0 unspecified atom stereocenters. The monoisotopic (exact) mass is 220 g/mol. The largest absolute Gasteiger partial charge is 0.430 e. The summed E-state index contributed by atoms with van der Waals surface area (Å²) in [5.41, 5.74) is 1.21. The zero-order valence-corrected chi connectivity index (χ0v) is 9.27. The summed E-state index contributed by atoms with van der Waals surface area (Å²) in [6, 6.07) is 10.1. The molecule has 0 aliphatic carbocycles. The number of amides is 1. The lowest BCUT2D eigenvalue weighted by atomic mass is 9.97. The average molecular weight is 220 g/mol. The first-order valence-corrected chi connectivity index (χ1v) is 5.48. The molecule has 1 aromatic rings. The number of rotatable bonds is 2. The zero-order chi connectivity index (χ0) is 11.4. The van der Waals surface area contributed by atoms with Crippen LogP contribution in [0, 0.1) is 0 Å². The number of hydrogen-bond acceptors (Lipinski definition) is 3. The van der Waals surface area contributed by atoms with E-state index in [0.29, 0.717) is 0 Å². The number of hydrogen-bond donors (Lipinski definition) is 2. The van der Waals surface area contributed by atoms with Gasteiger partial charge in [-0.2, -0.15) is 0 Å². The van der Waals surface area contributed by atoms with Gasteiger partial charge in [0.1, 0.15) is 0 Å². The Bertz CT molecular complexity index is 353. The Kier molecular flexibility index (Phi) is 3.41. The first-order chi connectivity index (χ1) is 7.81. The highest BCUT2D eigenvalue weighted by Crippen LogP contribution is 2.28. The number of ether oxygens (including phenoxy) is 1. The van der Waals surface area contributed by atoms with Crippen LogP contribution < -0.4 is 10.6 Å². The van der Waals surface area contributed by atoms with Gasteiger partial charge in [0.15, 0.2) is 6.23 Å². The third-order valence-corrected chi connectivity index (χ3v) is 2.83. The summed E-state index contributed by atoms with van der Waals surface area (Å²) in [5.74, 6) is 0.249. The molecule has 2 atom stereocenters. The van der Waals surface area contributed by atoms with Crippen molar-refractivity contribution in [2.24, 2.45) is 0 Å². The van der Waals surface area contributed by atoms with Crippen molar-refractivity contribution in [2.45, 2.75) is 18.6 Å². The van der Waals surface area contributed by atoms with E-state index < -0.39 is 0 Å². The molecule has 1 aliphatic rings. The highest BCUT2D eigenvalue weighted by Gasteiger charge is 2.30. The molecule has 1 heterocycles. The van der Waals surface area contributed by atoms with Crippen LogP contribution in [0.4, 0.5) is 4.79 Å².